The van der Waals surface area contributed by atoms with E-state index in [1.165, 1.54) is 12.1 Å². The van der Waals surface area contributed by atoms with Crippen molar-refractivity contribution in [3.63, 3.8) is 0 Å². The lowest BCUT2D eigenvalue weighted by atomic mass is 10.1. The molecule has 1 N–H and O–H groups in total. The van der Waals surface area contributed by atoms with Gasteiger partial charge < -0.3 is 10.1 Å². The molecule has 0 spiro atoms. The molecule has 1 unspecified atom stereocenters. The van der Waals surface area contributed by atoms with E-state index >= 15 is 0 Å². The minimum absolute atomic E-state index is 0.595. The second-order valence-electron chi connectivity index (χ2n) is 4.49. The Morgan fingerprint density at radius 1 is 1.47 bits per heavy atom. The van der Waals surface area contributed by atoms with Crippen LogP contribution in [0, 0.1) is 5.92 Å². The maximum Gasteiger partial charge on any atom is 0.159 e. The normalized spacial score (nSPS) is 12.7. The number of nitrogens with one attached hydrogen (secondary N) is 1. The van der Waals surface area contributed by atoms with Gasteiger partial charge in [0, 0.05) is 6.54 Å². The highest BCUT2D eigenvalue weighted by atomic mass is 16.5. The number of methoxy groups -OCH3 is 1. The van der Waals surface area contributed by atoms with Crippen molar-refractivity contribution in [2.75, 3.05) is 20.2 Å². The topological polar surface area (TPSA) is 39.1 Å². The van der Waals surface area contributed by atoms with E-state index in [1.54, 1.807) is 7.11 Å². The van der Waals surface area contributed by atoms with Crippen LogP contribution in [0.2, 0.25) is 0 Å². The van der Waals surface area contributed by atoms with Gasteiger partial charge in [-0.25, -0.2) is 0 Å². The van der Waals surface area contributed by atoms with Crippen molar-refractivity contribution in [2.45, 2.75) is 40.2 Å². The fourth-order valence-electron chi connectivity index (χ4n) is 1.97. The van der Waals surface area contributed by atoms with E-state index < -0.39 is 0 Å². The summed E-state index contributed by atoms with van der Waals surface area (Å²) in [7, 11) is 1.71. The maximum absolute atomic E-state index is 5.35. The summed E-state index contributed by atoms with van der Waals surface area (Å²) in [6.45, 7) is 9.59. The Morgan fingerprint density at radius 3 is 2.82 bits per heavy atom. The van der Waals surface area contributed by atoms with Gasteiger partial charge in [-0.2, -0.15) is 5.10 Å². The Kier molecular flexibility index (Phi) is 6.05. The van der Waals surface area contributed by atoms with E-state index in [1.807, 2.05) is 10.9 Å². The summed E-state index contributed by atoms with van der Waals surface area (Å²) in [5, 5.41) is 7.78. The van der Waals surface area contributed by atoms with Gasteiger partial charge in [0.1, 0.15) is 0 Å². The number of hydrogen-bond acceptors (Lipinski definition) is 3. The van der Waals surface area contributed by atoms with Gasteiger partial charge in [-0.1, -0.05) is 13.8 Å². The predicted octanol–water partition coefficient (Wildman–Crippen LogP) is 2.09. The van der Waals surface area contributed by atoms with Crippen LogP contribution in [0.15, 0.2) is 6.20 Å². The molecule has 4 nitrogen and oxygen atoms in total. The number of ether oxygens (including phenoxy) is 1. The molecule has 1 heterocycles. The van der Waals surface area contributed by atoms with Crippen molar-refractivity contribution in [2.24, 2.45) is 5.92 Å². The average molecular weight is 239 g/mol. The third-order valence-electron chi connectivity index (χ3n) is 2.89. The van der Waals surface area contributed by atoms with E-state index in [0.717, 1.165) is 31.8 Å². The molecule has 98 valence electrons. The van der Waals surface area contributed by atoms with Crippen LogP contribution in [0.5, 0.6) is 5.75 Å². The highest BCUT2D eigenvalue weighted by molar-refractivity contribution is 5.25. The molecule has 1 aromatic heterocycles. The molecule has 0 saturated heterocycles. The lowest BCUT2D eigenvalue weighted by Crippen LogP contribution is -2.24. The molecule has 1 rings (SSSR count). The Labute approximate surface area is 104 Å². The molecule has 0 aliphatic carbocycles. The fourth-order valence-corrected chi connectivity index (χ4v) is 1.97. The lowest BCUT2D eigenvalue weighted by Gasteiger charge is -2.14. The first-order valence-corrected chi connectivity index (χ1v) is 6.52. The fraction of sp³-hybridized carbons (Fsp3) is 0.769. The van der Waals surface area contributed by atoms with E-state index in [9.17, 15) is 0 Å². The molecule has 4 heteroatoms. The van der Waals surface area contributed by atoms with Crippen LogP contribution in [0.1, 0.15) is 32.9 Å². The van der Waals surface area contributed by atoms with E-state index in [4.69, 9.17) is 4.74 Å². The summed E-state index contributed by atoms with van der Waals surface area (Å²) in [4.78, 5) is 0. The van der Waals surface area contributed by atoms with E-state index in [-0.39, 0.29) is 0 Å². The highest BCUT2D eigenvalue weighted by Gasteiger charge is 2.13. The molecular formula is C13H25N3O. The quantitative estimate of drug-likeness (QED) is 0.706. The van der Waals surface area contributed by atoms with Gasteiger partial charge in [-0.15, -0.1) is 0 Å². The van der Waals surface area contributed by atoms with Crippen LogP contribution in [0.4, 0.5) is 0 Å². The summed E-state index contributed by atoms with van der Waals surface area (Å²) in [6.07, 6.45) is 4.00. The van der Waals surface area contributed by atoms with Gasteiger partial charge in [-0.3, -0.25) is 4.68 Å². The first kappa shape index (κ1) is 14.0. The van der Waals surface area contributed by atoms with Gasteiger partial charge in [0.25, 0.3) is 0 Å². The zero-order valence-corrected chi connectivity index (χ0v) is 11.5. The number of hydrogen-bond donors (Lipinski definition) is 1. The molecule has 0 aliphatic heterocycles. The standard InChI is InChI=1S/C13H25N3O/c1-5-7-14-9-11(3)8-12-13(17-4)10-15-16(12)6-2/h10-11,14H,5-9H2,1-4H3. The summed E-state index contributed by atoms with van der Waals surface area (Å²) < 4.78 is 7.37. The van der Waals surface area contributed by atoms with Gasteiger partial charge in [0.05, 0.1) is 19.0 Å². The van der Waals surface area contributed by atoms with Crippen molar-refractivity contribution in [3.8, 4) is 5.75 Å². The average Bonchev–Trinajstić information content (AvgIpc) is 2.71. The monoisotopic (exact) mass is 239 g/mol. The van der Waals surface area contributed by atoms with Crippen molar-refractivity contribution < 1.29 is 4.74 Å². The second-order valence-corrected chi connectivity index (χ2v) is 4.49. The van der Waals surface area contributed by atoms with Crippen LogP contribution in [-0.2, 0) is 13.0 Å². The van der Waals surface area contributed by atoms with Crippen molar-refractivity contribution in [1.29, 1.82) is 0 Å². The Bertz CT molecular complexity index is 301. The second kappa shape index (κ2) is 7.33. The van der Waals surface area contributed by atoms with Gasteiger partial charge in [-0.05, 0) is 38.8 Å². The number of rotatable bonds is 8. The Hall–Kier alpha value is -1.03. The molecular weight excluding hydrogens is 214 g/mol. The van der Waals surface area contributed by atoms with Crippen LogP contribution in [-0.4, -0.2) is 30.0 Å². The third-order valence-corrected chi connectivity index (χ3v) is 2.89. The SMILES string of the molecule is CCCNCC(C)Cc1c(OC)cnn1CC. The molecule has 0 radical (unpaired) electrons. The molecule has 0 saturated carbocycles. The Balaban J connectivity index is 2.56. The minimum atomic E-state index is 0.595. The van der Waals surface area contributed by atoms with Crippen LogP contribution < -0.4 is 10.1 Å². The molecule has 17 heavy (non-hydrogen) atoms. The summed E-state index contributed by atoms with van der Waals surface area (Å²) in [6, 6.07) is 0. The molecule has 1 aromatic rings. The summed E-state index contributed by atoms with van der Waals surface area (Å²) in [5.41, 5.74) is 1.21. The van der Waals surface area contributed by atoms with Crippen molar-refractivity contribution >= 4 is 0 Å². The smallest absolute Gasteiger partial charge is 0.159 e. The zero-order chi connectivity index (χ0) is 12.7. The van der Waals surface area contributed by atoms with Gasteiger partial charge in [0.15, 0.2) is 5.75 Å². The summed E-state index contributed by atoms with van der Waals surface area (Å²) in [5.74, 6) is 1.51. The molecule has 1 atom stereocenters. The number of aromatic nitrogens is 2. The molecule has 0 amide bonds. The van der Waals surface area contributed by atoms with E-state index in [0.29, 0.717) is 5.92 Å². The van der Waals surface area contributed by atoms with Crippen LogP contribution in [0.3, 0.4) is 0 Å². The van der Waals surface area contributed by atoms with Crippen LogP contribution >= 0.6 is 0 Å². The molecule has 0 bridgehead atoms. The first-order valence-electron chi connectivity index (χ1n) is 6.52. The van der Waals surface area contributed by atoms with Gasteiger partial charge in [0.2, 0.25) is 0 Å². The molecule has 0 aliphatic rings. The van der Waals surface area contributed by atoms with E-state index in [2.05, 4.69) is 31.2 Å². The first-order chi connectivity index (χ1) is 8.22. The van der Waals surface area contributed by atoms with Crippen molar-refractivity contribution in [3.05, 3.63) is 11.9 Å². The number of nitrogens with zero attached hydrogens (tertiary/aromatic N) is 2. The number of aryl methyl sites for hydroxylation is 1. The van der Waals surface area contributed by atoms with Crippen LogP contribution in [0.25, 0.3) is 0 Å². The minimum Gasteiger partial charge on any atom is -0.493 e. The maximum atomic E-state index is 5.35. The third kappa shape index (κ3) is 4.04. The largest absolute Gasteiger partial charge is 0.493 e. The zero-order valence-electron chi connectivity index (χ0n) is 11.5. The highest BCUT2D eigenvalue weighted by Crippen LogP contribution is 2.20. The molecule has 0 fully saturated rings. The van der Waals surface area contributed by atoms with Crippen molar-refractivity contribution in [1.82, 2.24) is 15.1 Å². The van der Waals surface area contributed by atoms with Gasteiger partial charge >= 0.3 is 0 Å². The Morgan fingerprint density at radius 2 is 2.24 bits per heavy atom. The summed E-state index contributed by atoms with van der Waals surface area (Å²) >= 11 is 0. The molecule has 0 aromatic carbocycles. The predicted molar refractivity (Wildman–Crippen MR) is 70.5 cm³/mol. The lowest BCUT2D eigenvalue weighted by molar-refractivity contribution is 0.399.